The molecule has 1 aromatic carbocycles. The van der Waals surface area contributed by atoms with E-state index in [0.29, 0.717) is 17.8 Å². The quantitative estimate of drug-likeness (QED) is 0.927. The number of amides is 1. The van der Waals surface area contributed by atoms with Gasteiger partial charge >= 0.3 is 0 Å². The Kier molecular flexibility index (Phi) is 4.14. The van der Waals surface area contributed by atoms with Crippen LogP contribution in [0.1, 0.15) is 43.2 Å². The van der Waals surface area contributed by atoms with Gasteiger partial charge in [-0.1, -0.05) is 31.2 Å². The Hall–Kier alpha value is -1.35. The number of rotatable bonds is 4. The summed E-state index contributed by atoms with van der Waals surface area (Å²) < 4.78 is 5.40. The van der Waals surface area contributed by atoms with Gasteiger partial charge in [-0.05, 0) is 60.5 Å². The Morgan fingerprint density at radius 3 is 2.87 bits per heavy atom. The van der Waals surface area contributed by atoms with Crippen molar-refractivity contribution < 1.29 is 9.53 Å². The fourth-order valence-corrected chi connectivity index (χ4v) is 4.80. The van der Waals surface area contributed by atoms with E-state index in [4.69, 9.17) is 4.74 Å². The molecule has 0 radical (unpaired) electrons. The number of hydrogen-bond donors (Lipinski definition) is 1. The van der Waals surface area contributed by atoms with E-state index in [2.05, 4.69) is 36.5 Å². The van der Waals surface area contributed by atoms with Gasteiger partial charge in [-0.2, -0.15) is 0 Å². The van der Waals surface area contributed by atoms with Gasteiger partial charge in [0, 0.05) is 25.7 Å². The molecule has 1 aliphatic heterocycles. The maximum atomic E-state index is 12.5. The zero-order valence-corrected chi connectivity index (χ0v) is 14.0. The third-order valence-electron chi connectivity index (χ3n) is 6.39. The number of nitrogens with one attached hydrogen (secondary N) is 1. The van der Waals surface area contributed by atoms with Crippen molar-refractivity contribution in [1.29, 1.82) is 0 Å². The van der Waals surface area contributed by atoms with Crippen molar-refractivity contribution in [2.24, 2.45) is 23.7 Å². The standard InChI is InChI=1S/C20H27NO2/c1-13(14-8-10-23-11-9-14)20(22)21-12-18-17-7-6-15-4-2-3-5-16(15)19(17)18/h2-5,13-14,17-19H,6-12H2,1H3,(H,21,22)/t13-,17-,18+,19+/m0/s1. The molecular formula is C20H27NO2. The number of carbonyl (C=O) groups excluding carboxylic acids is 1. The SMILES string of the molecule is C[C@H](C(=O)NC[C@@H]1[C@@H]2CCc3ccccc3[C@@H]12)C1CCOCC1. The highest BCUT2D eigenvalue weighted by atomic mass is 16.5. The van der Waals surface area contributed by atoms with Crippen LogP contribution in [0.5, 0.6) is 0 Å². The number of benzene rings is 1. The number of ether oxygens (including phenoxy) is 1. The first-order chi connectivity index (χ1) is 11.3. The monoisotopic (exact) mass is 313 g/mol. The third-order valence-corrected chi connectivity index (χ3v) is 6.39. The highest BCUT2D eigenvalue weighted by Crippen LogP contribution is 2.59. The van der Waals surface area contributed by atoms with E-state index in [1.54, 1.807) is 5.56 Å². The maximum Gasteiger partial charge on any atom is 0.223 e. The van der Waals surface area contributed by atoms with Gasteiger partial charge in [0.1, 0.15) is 0 Å². The van der Waals surface area contributed by atoms with Gasteiger partial charge in [0.05, 0.1) is 0 Å². The van der Waals surface area contributed by atoms with E-state index in [-0.39, 0.29) is 11.8 Å². The largest absolute Gasteiger partial charge is 0.381 e. The molecule has 2 fully saturated rings. The second-order valence-corrected chi connectivity index (χ2v) is 7.57. The minimum absolute atomic E-state index is 0.118. The van der Waals surface area contributed by atoms with Crippen LogP contribution in [-0.2, 0) is 16.0 Å². The summed E-state index contributed by atoms with van der Waals surface area (Å²) in [4.78, 5) is 12.5. The van der Waals surface area contributed by atoms with Gasteiger partial charge in [0.15, 0.2) is 0 Å². The molecule has 1 aromatic rings. The molecule has 1 saturated heterocycles. The second kappa shape index (κ2) is 6.27. The van der Waals surface area contributed by atoms with Crippen molar-refractivity contribution in [2.45, 2.75) is 38.5 Å². The van der Waals surface area contributed by atoms with Crippen LogP contribution in [0.25, 0.3) is 0 Å². The van der Waals surface area contributed by atoms with E-state index in [9.17, 15) is 4.79 Å². The van der Waals surface area contributed by atoms with E-state index < -0.39 is 0 Å². The number of carbonyl (C=O) groups is 1. The Balaban J connectivity index is 1.31. The fourth-order valence-electron chi connectivity index (χ4n) is 4.80. The molecule has 4 atom stereocenters. The van der Waals surface area contributed by atoms with Crippen molar-refractivity contribution in [3.8, 4) is 0 Å². The summed E-state index contributed by atoms with van der Waals surface area (Å²) in [6.45, 7) is 4.56. The lowest BCUT2D eigenvalue weighted by molar-refractivity contribution is -0.127. The van der Waals surface area contributed by atoms with Crippen LogP contribution >= 0.6 is 0 Å². The smallest absolute Gasteiger partial charge is 0.223 e. The van der Waals surface area contributed by atoms with Crippen LogP contribution in [0.15, 0.2) is 24.3 Å². The van der Waals surface area contributed by atoms with Crippen LogP contribution in [0.3, 0.4) is 0 Å². The Labute approximate surface area is 138 Å². The number of fused-ring (bicyclic) bond motifs is 3. The third kappa shape index (κ3) is 2.91. The molecule has 2 aliphatic carbocycles. The molecule has 4 rings (SSSR count). The molecule has 1 saturated carbocycles. The van der Waals surface area contributed by atoms with Crippen molar-refractivity contribution >= 4 is 5.91 Å². The molecule has 23 heavy (non-hydrogen) atoms. The minimum atomic E-state index is 0.118. The zero-order valence-electron chi connectivity index (χ0n) is 14.0. The first kappa shape index (κ1) is 15.2. The highest BCUT2D eigenvalue weighted by Gasteiger charge is 2.52. The topological polar surface area (TPSA) is 38.3 Å². The second-order valence-electron chi connectivity index (χ2n) is 7.57. The fraction of sp³-hybridized carbons (Fsp3) is 0.650. The number of hydrogen-bond acceptors (Lipinski definition) is 2. The molecule has 3 heteroatoms. The maximum absolute atomic E-state index is 12.5. The summed E-state index contributed by atoms with van der Waals surface area (Å²) in [5, 5.41) is 3.25. The first-order valence-corrected chi connectivity index (χ1v) is 9.19. The Morgan fingerprint density at radius 2 is 2.04 bits per heavy atom. The Bertz CT molecular complexity index is 579. The van der Waals surface area contributed by atoms with E-state index in [1.807, 2.05) is 0 Å². The van der Waals surface area contributed by atoms with Crippen LogP contribution < -0.4 is 5.32 Å². The summed E-state index contributed by atoms with van der Waals surface area (Å²) in [7, 11) is 0. The molecule has 0 spiro atoms. The predicted molar refractivity (Wildman–Crippen MR) is 90.2 cm³/mol. The first-order valence-electron chi connectivity index (χ1n) is 9.19. The summed E-state index contributed by atoms with van der Waals surface area (Å²) >= 11 is 0. The van der Waals surface area contributed by atoms with Gasteiger partial charge in [-0.25, -0.2) is 0 Å². The molecular weight excluding hydrogens is 286 g/mol. The predicted octanol–water partition coefficient (Wildman–Crippen LogP) is 3.14. The van der Waals surface area contributed by atoms with Crippen LogP contribution in [0.4, 0.5) is 0 Å². The minimum Gasteiger partial charge on any atom is -0.381 e. The number of aryl methyl sites for hydroxylation is 1. The summed E-state index contributed by atoms with van der Waals surface area (Å²) in [6, 6.07) is 8.86. The average molecular weight is 313 g/mol. The van der Waals surface area contributed by atoms with Gasteiger partial charge < -0.3 is 10.1 Å². The molecule has 124 valence electrons. The molecule has 1 N–H and O–H groups in total. The average Bonchev–Trinajstić information content (AvgIpc) is 3.33. The van der Waals surface area contributed by atoms with Crippen LogP contribution in [-0.4, -0.2) is 25.7 Å². The molecule has 1 heterocycles. The molecule has 0 bridgehead atoms. The zero-order chi connectivity index (χ0) is 15.8. The molecule has 0 aromatic heterocycles. The molecule has 3 aliphatic rings. The molecule has 3 nitrogen and oxygen atoms in total. The van der Waals surface area contributed by atoms with Crippen LogP contribution in [0.2, 0.25) is 0 Å². The highest BCUT2D eigenvalue weighted by molar-refractivity contribution is 5.78. The summed E-state index contributed by atoms with van der Waals surface area (Å²) in [5.74, 6) is 3.00. The van der Waals surface area contributed by atoms with Gasteiger partial charge in [-0.3, -0.25) is 4.79 Å². The summed E-state index contributed by atoms with van der Waals surface area (Å²) in [5.41, 5.74) is 3.07. The van der Waals surface area contributed by atoms with E-state index in [0.717, 1.165) is 38.5 Å². The van der Waals surface area contributed by atoms with Crippen molar-refractivity contribution in [3.63, 3.8) is 0 Å². The molecule has 0 unspecified atom stereocenters. The normalized spacial score (nSPS) is 30.9. The summed E-state index contributed by atoms with van der Waals surface area (Å²) in [6.07, 6.45) is 4.55. The lowest BCUT2D eigenvalue weighted by Crippen LogP contribution is -2.36. The lowest BCUT2D eigenvalue weighted by Gasteiger charge is -2.27. The molecule has 1 amide bonds. The van der Waals surface area contributed by atoms with Gasteiger partial charge in [0.25, 0.3) is 0 Å². The van der Waals surface area contributed by atoms with E-state index >= 15 is 0 Å². The van der Waals surface area contributed by atoms with Gasteiger partial charge in [-0.15, -0.1) is 0 Å². The van der Waals surface area contributed by atoms with Gasteiger partial charge in [0.2, 0.25) is 5.91 Å². The van der Waals surface area contributed by atoms with E-state index in [1.165, 1.54) is 18.4 Å². The van der Waals surface area contributed by atoms with Crippen molar-refractivity contribution in [1.82, 2.24) is 5.32 Å². The lowest BCUT2D eigenvalue weighted by atomic mass is 9.87. The van der Waals surface area contributed by atoms with Crippen molar-refractivity contribution in [2.75, 3.05) is 19.8 Å². The Morgan fingerprint density at radius 1 is 1.26 bits per heavy atom. The van der Waals surface area contributed by atoms with Crippen LogP contribution in [0, 0.1) is 23.7 Å². The van der Waals surface area contributed by atoms with Crippen molar-refractivity contribution in [3.05, 3.63) is 35.4 Å².